The molecule has 144 valence electrons. The molecule has 1 aliphatic heterocycles. The van der Waals surface area contributed by atoms with Crippen molar-refractivity contribution < 1.29 is 9.53 Å². The first kappa shape index (κ1) is 19.8. The van der Waals surface area contributed by atoms with Gasteiger partial charge in [-0.05, 0) is 67.8 Å². The molecular formula is C23H29NO2S. The number of aryl methyl sites for hydroxylation is 1. The molecule has 1 saturated heterocycles. The monoisotopic (exact) mass is 383 g/mol. The van der Waals surface area contributed by atoms with Crippen molar-refractivity contribution in [1.29, 1.82) is 0 Å². The zero-order chi connectivity index (χ0) is 19.1. The van der Waals surface area contributed by atoms with Crippen molar-refractivity contribution in [2.45, 2.75) is 33.1 Å². The summed E-state index contributed by atoms with van der Waals surface area (Å²) in [6.45, 7) is 7.40. The lowest BCUT2D eigenvalue weighted by molar-refractivity contribution is -0.149. The Bertz CT molecular complexity index is 766. The molecule has 0 radical (unpaired) electrons. The van der Waals surface area contributed by atoms with Crippen LogP contribution in [0.4, 0.5) is 0 Å². The maximum absolute atomic E-state index is 12.0. The fourth-order valence-corrected chi connectivity index (χ4v) is 4.70. The average Bonchev–Trinajstić information content (AvgIpc) is 3.12. The molecule has 1 aromatic heterocycles. The Hall–Kier alpha value is -1.91. The van der Waals surface area contributed by atoms with Gasteiger partial charge in [0.05, 0.1) is 12.5 Å². The molecule has 1 atom stereocenters. The minimum atomic E-state index is -0.0306. The van der Waals surface area contributed by atoms with Crippen molar-refractivity contribution in [3.8, 4) is 0 Å². The van der Waals surface area contributed by atoms with Crippen LogP contribution in [0, 0.1) is 12.8 Å². The van der Waals surface area contributed by atoms with E-state index in [1.54, 1.807) is 11.3 Å². The molecule has 0 saturated carbocycles. The normalized spacial score (nSPS) is 18.4. The summed E-state index contributed by atoms with van der Waals surface area (Å²) in [6, 6.07) is 12.8. The first-order valence-electron chi connectivity index (χ1n) is 9.88. The van der Waals surface area contributed by atoms with E-state index in [0.717, 1.165) is 38.9 Å². The number of esters is 1. The molecule has 1 unspecified atom stereocenters. The van der Waals surface area contributed by atoms with Crippen LogP contribution in [-0.4, -0.2) is 37.1 Å². The number of piperidine rings is 1. The van der Waals surface area contributed by atoms with Crippen molar-refractivity contribution in [3.05, 3.63) is 63.9 Å². The Labute approximate surface area is 166 Å². The van der Waals surface area contributed by atoms with Gasteiger partial charge < -0.3 is 9.64 Å². The van der Waals surface area contributed by atoms with Crippen LogP contribution < -0.4 is 0 Å². The molecule has 1 aliphatic rings. The molecule has 0 aliphatic carbocycles. The van der Waals surface area contributed by atoms with Gasteiger partial charge in [0.1, 0.15) is 0 Å². The van der Waals surface area contributed by atoms with Crippen LogP contribution in [0.25, 0.3) is 5.57 Å². The number of hydrogen-bond donors (Lipinski definition) is 0. The molecule has 4 heteroatoms. The van der Waals surface area contributed by atoms with E-state index in [1.807, 2.05) is 6.92 Å². The van der Waals surface area contributed by atoms with Gasteiger partial charge in [0, 0.05) is 18.0 Å². The molecule has 3 rings (SSSR count). The summed E-state index contributed by atoms with van der Waals surface area (Å²) in [5.41, 5.74) is 3.92. The molecule has 3 nitrogen and oxygen atoms in total. The van der Waals surface area contributed by atoms with Crippen LogP contribution in [-0.2, 0) is 9.53 Å². The molecule has 27 heavy (non-hydrogen) atoms. The number of nitrogens with zero attached hydrogens (tertiary/aromatic N) is 1. The number of rotatable bonds is 7. The van der Waals surface area contributed by atoms with Crippen molar-refractivity contribution >= 4 is 22.9 Å². The first-order valence-corrected chi connectivity index (χ1v) is 10.8. The molecule has 0 N–H and O–H groups in total. The number of hydrogen-bond acceptors (Lipinski definition) is 4. The summed E-state index contributed by atoms with van der Waals surface area (Å²) in [5, 5.41) is 2.16. The lowest BCUT2D eigenvalue weighted by Crippen LogP contribution is -2.39. The second-order valence-electron chi connectivity index (χ2n) is 7.10. The van der Waals surface area contributed by atoms with Crippen LogP contribution >= 0.6 is 11.3 Å². The van der Waals surface area contributed by atoms with E-state index < -0.39 is 0 Å². The highest BCUT2D eigenvalue weighted by atomic mass is 32.1. The summed E-state index contributed by atoms with van der Waals surface area (Å²) >= 11 is 1.81. The van der Waals surface area contributed by atoms with Gasteiger partial charge in [0.25, 0.3) is 0 Å². The van der Waals surface area contributed by atoms with Gasteiger partial charge in [-0.2, -0.15) is 0 Å². The topological polar surface area (TPSA) is 29.5 Å². The summed E-state index contributed by atoms with van der Waals surface area (Å²) in [6.07, 6.45) is 5.37. The van der Waals surface area contributed by atoms with E-state index in [0.29, 0.717) is 6.61 Å². The first-order chi connectivity index (χ1) is 13.2. The van der Waals surface area contributed by atoms with Crippen LogP contribution in [0.5, 0.6) is 0 Å². The molecule has 2 heterocycles. The number of carbonyl (C=O) groups excluding carboxylic acids is 1. The molecule has 0 bridgehead atoms. The molecule has 0 amide bonds. The zero-order valence-electron chi connectivity index (χ0n) is 16.3. The SMILES string of the molecule is CCOC(=O)C1CCCN(CC/C=C(/c2ccccc2)c2sccc2C)C1. The Morgan fingerprint density at radius 2 is 2.11 bits per heavy atom. The van der Waals surface area contributed by atoms with E-state index in [4.69, 9.17) is 4.74 Å². The zero-order valence-corrected chi connectivity index (χ0v) is 17.1. The molecule has 0 spiro atoms. The smallest absolute Gasteiger partial charge is 0.310 e. The van der Waals surface area contributed by atoms with Crippen LogP contribution in [0.15, 0.2) is 47.9 Å². The highest BCUT2D eigenvalue weighted by Gasteiger charge is 2.26. The Morgan fingerprint density at radius 1 is 1.30 bits per heavy atom. The van der Waals surface area contributed by atoms with Crippen LogP contribution in [0.2, 0.25) is 0 Å². The minimum absolute atomic E-state index is 0.0306. The fraction of sp³-hybridized carbons (Fsp3) is 0.435. The van der Waals surface area contributed by atoms with Crippen LogP contribution in [0.1, 0.15) is 42.2 Å². The maximum Gasteiger partial charge on any atom is 0.310 e. The summed E-state index contributed by atoms with van der Waals surface area (Å²) in [4.78, 5) is 15.8. The molecule has 2 aromatic rings. The second-order valence-corrected chi connectivity index (χ2v) is 8.01. The predicted octanol–water partition coefficient (Wildman–Crippen LogP) is 5.15. The Morgan fingerprint density at radius 3 is 2.81 bits per heavy atom. The van der Waals surface area contributed by atoms with Gasteiger partial charge in [0.2, 0.25) is 0 Å². The van der Waals surface area contributed by atoms with E-state index >= 15 is 0 Å². The second kappa shape index (κ2) is 9.86. The van der Waals surface area contributed by atoms with Crippen molar-refractivity contribution in [1.82, 2.24) is 4.90 Å². The van der Waals surface area contributed by atoms with Crippen LogP contribution in [0.3, 0.4) is 0 Å². The van der Waals surface area contributed by atoms with E-state index in [9.17, 15) is 4.79 Å². The van der Waals surface area contributed by atoms with Crippen molar-refractivity contribution in [2.75, 3.05) is 26.2 Å². The summed E-state index contributed by atoms with van der Waals surface area (Å²) in [5.74, 6) is 0.00717. The fourth-order valence-electron chi connectivity index (χ4n) is 3.71. The standard InChI is InChI=1S/C23H29NO2S/c1-3-26-23(25)20-11-7-14-24(17-20)15-8-12-21(19-9-5-4-6-10-19)22-18(2)13-16-27-22/h4-6,9-10,12-13,16,20H,3,7-8,11,14-15,17H2,1-2H3/b21-12-. The van der Waals surface area contributed by atoms with Gasteiger partial charge in [-0.3, -0.25) is 4.79 Å². The average molecular weight is 384 g/mol. The van der Waals surface area contributed by atoms with E-state index in [1.165, 1.54) is 21.6 Å². The third-order valence-corrected chi connectivity index (χ3v) is 6.16. The number of likely N-dealkylation sites (tertiary alicyclic amines) is 1. The van der Waals surface area contributed by atoms with Crippen molar-refractivity contribution in [2.24, 2.45) is 5.92 Å². The summed E-state index contributed by atoms with van der Waals surface area (Å²) < 4.78 is 5.22. The lowest BCUT2D eigenvalue weighted by Gasteiger charge is -2.31. The number of benzene rings is 1. The Balaban J connectivity index is 1.67. The highest BCUT2D eigenvalue weighted by Crippen LogP contribution is 2.31. The Kier molecular flexibility index (Phi) is 7.25. The number of thiophene rings is 1. The highest BCUT2D eigenvalue weighted by molar-refractivity contribution is 7.11. The van der Waals surface area contributed by atoms with E-state index in [2.05, 4.69) is 59.7 Å². The van der Waals surface area contributed by atoms with Gasteiger partial charge in [-0.15, -0.1) is 11.3 Å². The number of carbonyl (C=O) groups is 1. The van der Waals surface area contributed by atoms with E-state index in [-0.39, 0.29) is 11.9 Å². The maximum atomic E-state index is 12.0. The predicted molar refractivity (Wildman–Crippen MR) is 113 cm³/mol. The van der Waals surface area contributed by atoms with Crippen molar-refractivity contribution in [3.63, 3.8) is 0 Å². The molecule has 1 fully saturated rings. The van der Waals surface area contributed by atoms with Gasteiger partial charge in [-0.25, -0.2) is 0 Å². The largest absolute Gasteiger partial charge is 0.466 e. The summed E-state index contributed by atoms with van der Waals surface area (Å²) in [7, 11) is 0. The molecular weight excluding hydrogens is 354 g/mol. The number of ether oxygens (including phenoxy) is 1. The van der Waals surface area contributed by atoms with Gasteiger partial charge in [-0.1, -0.05) is 36.4 Å². The van der Waals surface area contributed by atoms with Gasteiger partial charge in [0.15, 0.2) is 0 Å². The van der Waals surface area contributed by atoms with Gasteiger partial charge >= 0.3 is 5.97 Å². The third-order valence-electron chi connectivity index (χ3n) is 5.11. The minimum Gasteiger partial charge on any atom is -0.466 e. The lowest BCUT2D eigenvalue weighted by atomic mass is 9.97. The quantitative estimate of drug-likeness (QED) is 0.619. The molecule has 1 aromatic carbocycles. The third kappa shape index (κ3) is 5.30.